The van der Waals surface area contributed by atoms with E-state index in [1.807, 2.05) is 13.8 Å². The van der Waals surface area contributed by atoms with Crippen molar-refractivity contribution in [3.8, 4) is 22.4 Å². The molecule has 7 nitrogen and oxygen atoms in total. The third-order valence-electron chi connectivity index (χ3n) is 6.50. The number of rotatable bonds is 5. The number of hydrogen-bond donors (Lipinski definition) is 1. The van der Waals surface area contributed by atoms with E-state index in [9.17, 15) is 13.2 Å². The zero-order valence-electron chi connectivity index (χ0n) is 19.2. The van der Waals surface area contributed by atoms with Crippen molar-refractivity contribution >= 4 is 15.7 Å². The Labute approximate surface area is 198 Å². The van der Waals surface area contributed by atoms with E-state index in [1.165, 1.54) is 30.5 Å². The van der Waals surface area contributed by atoms with E-state index in [4.69, 9.17) is 10.5 Å². The van der Waals surface area contributed by atoms with Gasteiger partial charge in [0.1, 0.15) is 11.4 Å². The molecule has 34 heavy (non-hydrogen) atoms. The van der Waals surface area contributed by atoms with Crippen LogP contribution in [0.15, 0.2) is 53.7 Å². The van der Waals surface area contributed by atoms with Crippen molar-refractivity contribution in [3.63, 3.8) is 0 Å². The predicted octanol–water partition coefficient (Wildman–Crippen LogP) is 4.11. The number of sulfone groups is 1. The molecule has 0 bridgehead atoms. The first-order valence-corrected chi connectivity index (χ1v) is 12.8. The van der Waals surface area contributed by atoms with E-state index in [2.05, 4.69) is 9.97 Å². The third kappa shape index (κ3) is 4.21. The lowest BCUT2D eigenvalue weighted by Crippen LogP contribution is -2.40. The molecule has 2 atom stereocenters. The largest absolute Gasteiger partial charge is 0.370 e. The second kappa shape index (κ2) is 8.88. The summed E-state index contributed by atoms with van der Waals surface area (Å²) < 4.78 is 46.3. The standard InChI is InChI=1S/C25H26FN3O4S/c1-15-6-5-13-33-25(15,2)20-19(17-7-4-12-28-14-17)23(24(27)30)29-22(21(20)26)16-8-10-18(11-9-16)34(3,31)32/h4,7-12,14-15H,5-6,13H2,1-3H3,(H2,27,30). The molecule has 0 aliphatic carbocycles. The summed E-state index contributed by atoms with van der Waals surface area (Å²) in [6, 6.07) is 9.10. The Morgan fingerprint density at radius 3 is 2.47 bits per heavy atom. The van der Waals surface area contributed by atoms with Crippen LogP contribution in [-0.2, 0) is 20.2 Å². The number of carbonyl (C=O) groups is 1. The van der Waals surface area contributed by atoms with Crippen LogP contribution in [0.2, 0.25) is 0 Å². The molecular weight excluding hydrogens is 457 g/mol. The summed E-state index contributed by atoms with van der Waals surface area (Å²) in [7, 11) is -3.43. The molecule has 4 rings (SSSR count). The highest BCUT2D eigenvalue weighted by molar-refractivity contribution is 7.90. The van der Waals surface area contributed by atoms with Crippen LogP contribution in [0.1, 0.15) is 42.7 Å². The lowest BCUT2D eigenvalue weighted by molar-refractivity contribution is -0.108. The summed E-state index contributed by atoms with van der Waals surface area (Å²) in [6.45, 7) is 4.24. The lowest BCUT2D eigenvalue weighted by Gasteiger charge is -2.41. The fraction of sp³-hybridized carbons (Fsp3) is 0.320. The molecule has 2 aromatic heterocycles. The van der Waals surface area contributed by atoms with Gasteiger partial charge in [0.15, 0.2) is 15.7 Å². The van der Waals surface area contributed by atoms with E-state index in [1.54, 1.807) is 18.3 Å². The molecule has 1 saturated heterocycles. The zero-order valence-corrected chi connectivity index (χ0v) is 20.0. The maximum atomic E-state index is 16.5. The molecule has 0 saturated carbocycles. The topological polar surface area (TPSA) is 112 Å². The Bertz CT molecular complexity index is 1340. The van der Waals surface area contributed by atoms with Crippen molar-refractivity contribution in [2.75, 3.05) is 12.9 Å². The minimum absolute atomic E-state index is 0.0604. The SMILES string of the molecule is CC1CCCOC1(C)c1c(F)c(-c2ccc(S(C)(=O)=O)cc2)nc(C(N)=O)c1-c1cccnc1. The Kier molecular flexibility index (Phi) is 6.26. The molecule has 178 valence electrons. The van der Waals surface area contributed by atoms with Crippen LogP contribution in [0.3, 0.4) is 0 Å². The van der Waals surface area contributed by atoms with Gasteiger partial charge in [-0.1, -0.05) is 25.1 Å². The predicted molar refractivity (Wildman–Crippen MR) is 126 cm³/mol. The van der Waals surface area contributed by atoms with Crippen LogP contribution in [0.5, 0.6) is 0 Å². The maximum absolute atomic E-state index is 16.5. The fourth-order valence-electron chi connectivity index (χ4n) is 4.46. The minimum Gasteiger partial charge on any atom is -0.370 e. The van der Waals surface area contributed by atoms with Crippen LogP contribution < -0.4 is 5.73 Å². The average molecular weight is 484 g/mol. The molecule has 1 aliphatic rings. The van der Waals surface area contributed by atoms with Crippen LogP contribution in [0.25, 0.3) is 22.4 Å². The number of nitrogens with zero attached hydrogens (tertiary/aromatic N) is 2. The Morgan fingerprint density at radius 2 is 1.91 bits per heavy atom. The molecule has 1 fully saturated rings. The molecule has 9 heteroatoms. The van der Waals surface area contributed by atoms with Gasteiger partial charge in [-0.15, -0.1) is 0 Å². The van der Waals surface area contributed by atoms with Gasteiger partial charge in [0.25, 0.3) is 5.91 Å². The molecular formula is C25H26FN3O4S. The van der Waals surface area contributed by atoms with E-state index in [0.29, 0.717) is 17.7 Å². The van der Waals surface area contributed by atoms with Crippen molar-refractivity contribution in [2.45, 2.75) is 37.2 Å². The second-order valence-electron chi connectivity index (χ2n) is 8.77. The van der Waals surface area contributed by atoms with Crippen molar-refractivity contribution < 1.29 is 22.3 Å². The van der Waals surface area contributed by atoms with Gasteiger partial charge in [-0.05, 0) is 43.9 Å². The van der Waals surface area contributed by atoms with Gasteiger partial charge in [0.2, 0.25) is 0 Å². The highest BCUT2D eigenvalue weighted by Crippen LogP contribution is 2.47. The quantitative estimate of drug-likeness (QED) is 0.584. The normalized spacial score (nSPS) is 20.8. The summed E-state index contributed by atoms with van der Waals surface area (Å²) in [6.07, 6.45) is 5.86. The van der Waals surface area contributed by atoms with Gasteiger partial charge >= 0.3 is 0 Å². The van der Waals surface area contributed by atoms with E-state index < -0.39 is 27.2 Å². The monoisotopic (exact) mass is 483 g/mol. The van der Waals surface area contributed by atoms with Crippen molar-refractivity contribution in [2.24, 2.45) is 11.7 Å². The number of benzene rings is 1. The molecule has 2 N–H and O–H groups in total. The van der Waals surface area contributed by atoms with Gasteiger partial charge < -0.3 is 10.5 Å². The first-order chi connectivity index (χ1) is 16.0. The van der Waals surface area contributed by atoms with Crippen LogP contribution in [0, 0.1) is 11.7 Å². The molecule has 0 spiro atoms. The van der Waals surface area contributed by atoms with Crippen molar-refractivity contribution in [1.82, 2.24) is 9.97 Å². The van der Waals surface area contributed by atoms with Gasteiger partial charge in [-0.3, -0.25) is 9.78 Å². The molecule has 0 radical (unpaired) electrons. The number of amides is 1. The molecule has 3 heterocycles. The Morgan fingerprint density at radius 1 is 1.21 bits per heavy atom. The second-order valence-corrected chi connectivity index (χ2v) is 10.8. The highest BCUT2D eigenvalue weighted by atomic mass is 32.2. The Balaban J connectivity index is 2.06. The number of primary amides is 1. The third-order valence-corrected chi connectivity index (χ3v) is 7.63. The lowest BCUT2D eigenvalue weighted by atomic mass is 9.75. The van der Waals surface area contributed by atoms with Crippen LogP contribution in [-0.4, -0.2) is 37.2 Å². The van der Waals surface area contributed by atoms with Crippen molar-refractivity contribution in [1.29, 1.82) is 0 Å². The summed E-state index contributed by atoms with van der Waals surface area (Å²) in [4.78, 5) is 21.2. The molecule has 2 unspecified atom stereocenters. The number of ether oxygens (including phenoxy) is 1. The highest BCUT2D eigenvalue weighted by Gasteiger charge is 2.43. The number of nitrogens with two attached hydrogens (primary N) is 1. The number of aromatic nitrogens is 2. The smallest absolute Gasteiger partial charge is 0.267 e. The fourth-order valence-corrected chi connectivity index (χ4v) is 5.09. The van der Waals surface area contributed by atoms with Crippen molar-refractivity contribution in [3.05, 3.63) is 65.9 Å². The zero-order chi connectivity index (χ0) is 24.7. The van der Waals surface area contributed by atoms with Gasteiger partial charge in [-0.25, -0.2) is 17.8 Å². The first-order valence-electron chi connectivity index (χ1n) is 10.9. The summed E-state index contributed by atoms with van der Waals surface area (Å²) in [5.74, 6) is -1.52. The van der Waals surface area contributed by atoms with Crippen LogP contribution >= 0.6 is 0 Å². The summed E-state index contributed by atoms with van der Waals surface area (Å²) in [5.41, 5.74) is 5.75. The number of pyridine rings is 2. The number of carbonyl (C=O) groups excluding carboxylic acids is 1. The van der Waals surface area contributed by atoms with Gasteiger partial charge in [0.05, 0.1) is 10.5 Å². The van der Waals surface area contributed by atoms with E-state index in [0.717, 1.165) is 19.1 Å². The van der Waals surface area contributed by atoms with Gasteiger partial charge in [0, 0.05) is 47.5 Å². The average Bonchev–Trinajstić information content (AvgIpc) is 2.80. The van der Waals surface area contributed by atoms with E-state index >= 15 is 4.39 Å². The van der Waals surface area contributed by atoms with E-state index in [-0.39, 0.29) is 33.3 Å². The molecule has 1 aromatic carbocycles. The summed E-state index contributed by atoms with van der Waals surface area (Å²) in [5, 5.41) is 0. The molecule has 3 aromatic rings. The first kappa shape index (κ1) is 24.0. The Hall–Kier alpha value is -3.17. The van der Waals surface area contributed by atoms with Gasteiger partial charge in [-0.2, -0.15) is 0 Å². The summed E-state index contributed by atoms with van der Waals surface area (Å²) >= 11 is 0. The number of halogens is 1. The maximum Gasteiger partial charge on any atom is 0.267 e. The molecule has 1 amide bonds. The molecule has 1 aliphatic heterocycles. The minimum atomic E-state index is -3.43. The van der Waals surface area contributed by atoms with Crippen LogP contribution in [0.4, 0.5) is 4.39 Å². The number of hydrogen-bond acceptors (Lipinski definition) is 6.